The first kappa shape index (κ1) is 17.8. The quantitative estimate of drug-likeness (QED) is 0.568. The van der Waals surface area contributed by atoms with Gasteiger partial charge in [0.25, 0.3) is 11.1 Å². The topological polar surface area (TPSA) is 126 Å². The summed E-state index contributed by atoms with van der Waals surface area (Å²) in [4.78, 5) is 41.6. The normalized spacial score (nSPS) is 14.7. The molecule has 144 valence electrons. The number of aromatic nitrogens is 5. The lowest BCUT2D eigenvalue weighted by molar-refractivity contribution is 0.174. The number of rotatable bonds is 2. The van der Waals surface area contributed by atoms with E-state index in [1.165, 1.54) is 12.3 Å². The minimum atomic E-state index is -0.446. The van der Waals surface area contributed by atoms with Gasteiger partial charge in [0.15, 0.2) is 11.5 Å². The molecule has 0 atom stereocenters. The number of imidazole rings is 1. The molecule has 0 spiro atoms. The molecule has 1 aliphatic rings. The second-order valence-electron chi connectivity index (χ2n) is 7.40. The number of hydrogen-bond acceptors (Lipinski definition) is 6. The maximum atomic E-state index is 12.5. The van der Waals surface area contributed by atoms with E-state index in [0.717, 1.165) is 5.69 Å². The van der Waals surface area contributed by atoms with Crippen molar-refractivity contribution in [2.75, 3.05) is 6.79 Å². The predicted molar refractivity (Wildman–Crippen MR) is 102 cm³/mol. The van der Waals surface area contributed by atoms with Crippen LogP contribution in [0.15, 0.2) is 28.2 Å². The summed E-state index contributed by atoms with van der Waals surface area (Å²) in [5, 5.41) is 0.213. The lowest BCUT2D eigenvalue weighted by Gasteiger charge is -2.16. The molecule has 0 fully saturated rings. The minimum absolute atomic E-state index is 0.0894. The Balaban J connectivity index is 1.79. The van der Waals surface area contributed by atoms with E-state index >= 15 is 0 Å². The van der Waals surface area contributed by atoms with Gasteiger partial charge in [-0.25, -0.2) is 4.98 Å². The van der Waals surface area contributed by atoms with E-state index in [4.69, 9.17) is 9.47 Å². The molecule has 4 rings (SSSR count). The van der Waals surface area contributed by atoms with E-state index in [1.807, 2.05) is 20.8 Å². The number of hydrogen-bond donors (Lipinski definition) is 3. The zero-order chi connectivity index (χ0) is 19.9. The van der Waals surface area contributed by atoms with Crippen LogP contribution in [0.3, 0.4) is 0 Å². The molecule has 3 aromatic rings. The van der Waals surface area contributed by atoms with Crippen molar-refractivity contribution in [1.82, 2.24) is 24.9 Å². The molecule has 0 aromatic carbocycles. The lowest BCUT2D eigenvalue weighted by Crippen LogP contribution is -2.46. The molecule has 1 aliphatic heterocycles. The molecule has 3 aromatic heterocycles. The third-order valence-electron chi connectivity index (χ3n) is 4.26. The highest BCUT2D eigenvalue weighted by Gasteiger charge is 2.19. The van der Waals surface area contributed by atoms with Crippen LogP contribution in [0.25, 0.3) is 12.2 Å². The van der Waals surface area contributed by atoms with Crippen LogP contribution < -0.4 is 31.3 Å². The minimum Gasteiger partial charge on any atom is -0.453 e. The summed E-state index contributed by atoms with van der Waals surface area (Å²) in [5.74, 6) is 1.08. The first-order valence-electron chi connectivity index (χ1n) is 8.67. The maximum absolute atomic E-state index is 12.5. The summed E-state index contributed by atoms with van der Waals surface area (Å²) in [5.41, 5.74) is 0.863. The van der Waals surface area contributed by atoms with Crippen molar-refractivity contribution >= 4 is 12.2 Å². The van der Waals surface area contributed by atoms with Gasteiger partial charge >= 0.3 is 0 Å². The molecule has 0 bridgehead atoms. The number of H-pyrrole nitrogens is 3. The molecule has 0 saturated carbocycles. The van der Waals surface area contributed by atoms with Crippen molar-refractivity contribution in [3.05, 3.63) is 67.1 Å². The molecule has 3 N–H and O–H groups in total. The van der Waals surface area contributed by atoms with E-state index in [0.29, 0.717) is 22.9 Å². The average molecular weight is 381 g/mol. The first-order valence-corrected chi connectivity index (χ1v) is 8.67. The fourth-order valence-corrected chi connectivity index (χ4v) is 2.89. The van der Waals surface area contributed by atoms with Crippen molar-refractivity contribution in [2.24, 2.45) is 0 Å². The fourth-order valence-electron chi connectivity index (χ4n) is 2.89. The Morgan fingerprint density at radius 2 is 1.68 bits per heavy atom. The zero-order valence-electron chi connectivity index (χ0n) is 15.6. The molecule has 0 aliphatic carbocycles. The Morgan fingerprint density at radius 3 is 2.39 bits per heavy atom. The van der Waals surface area contributed by atoms with Gasteiger partial charge in [-0.05, 0) is 12.2 Å². The highest BCUT2D eigenvalue weighted by molar-refractivity contribution is 5.51. The van der Waals surface area contributed by atoms with Crippen LogP contribution in [0.4, 0.5) is 0 Å². The number of nitrogens with zero attached hydrogens (tertiary/aromatic N) is 2. The molecule has 0 radical (unpaired) electrons. The zero-order valence-corrected chi connectivity index (χ0v) is 15.6. The number of aromatic amines is 3. The average Bonchev–Trinajstić information content (AvgIpc) is 3.27. The summed E-state index contributed by atoms with van der Waals surface area (Å²) in [6, 6.07) is 1.64. The Bertz CT molecular complexity index is 1280. The molecular weight excluding hydrogens is 362 g/mol. The van der Waals surface area contributed by atoms with Crippen molar-refractivity contribution in [3.63, 3.8) is 0 Å². The van der Waals surface area contributed by atoms with Crippen molar-refractivity contribution in [1.29, 1.82) is 0 Å². The summed E-state index contributed by atoms with van der Waals surface area (Å²) < 4.78 is 10.5. The van der Waals surface area contributed by atoms with Gasteiger partial charge in [0, 0.05) is 17.2 Å². The van der Waals surface area contributed by atoms with Gasteiger partial charge in [0.2, 0.25) is 6.79 Å². The number of fused-ring (bicyclic) bond motifs is 1. The maximum Gasteiger partial charge on any atom is 0.272 e. The smallest absolute Gasteiger partial charge is 0.272 e. The molecule has 4 heterocycles. The summed E-state index contributed by atoms with van der Waals surface area (Å²) in [7, 11) is 0. The predicted octanol–water partition coefficient (Wildman–Crippen LogP) is -0.135. The van der Waals surface area contributed by atoms with E-state index < -0.39 is 11.1 Å². The van der Waals surface area contributed by atoms with Crippen LogP contribution in [0.1, 0.15) is 37.9 Å². The molecule has 0 saturated heterocycles. The van der Waals surface area contributed by atoms with Crippen LogP contribution >= 0.6 is 0 Å². The van der Waals surface area contributed by atoms with Crippen LogP contribution in [0.5, 0.6) is 11.5 Å². The van der Waals surface area contributed by atoms with Gasteiger partial charge in [0.05, 0.1) is 23.9 Å². The number of ether oxygens (including phenoxy) is 2. The van der Waals surface area contributed by atoms with E-state index in [-0.39, 0.29) is 22.9 Å². The monoisotopic (exact) mass is 381 g/mol. The largest absolute Gasteiger partial charge is 0.453 e. The highest BCUT2D eigenvalue weighted by Crippen LogP contribution is 2.31. The number of pyridine rings is 1. The standard InChI is InChI=1S/C19H19N5O4/c1-19(2,3)16-11(21-8-22-16)6-13-18(26)23-12(17(25)24-13)4-10-5-14-15(7-20-10)28-9-27-14/h4-8H,9H2,1-3H3,(H,21,22)(H,23,26)(H,24,25)/b12-4-,13-6-. The molecule has 9 heteroatoms. The van der Waals surface area contributed by atoms with Gasteiger partial charge in [-0.2, -0.15) is 0 Å². The van der Waals surface area contributed by atoms with Crippen LogP contribution in [-0.4, -0.2) is 31.7 Å². The lowest BCUT2D eigenvalue weighted by atomic mass is 9.90. The van der Waals surface area contributed by atoms with Crippen LogP contribution in [0.2, 0.25) is 0 Å². The molecule has 28 heavy (non-hydrogen) atoms. The first-order chi connectivity index (χ1) is 13.3. The summed E-state index contributed by atoms with van der Waals surface area (Å²) in [6.07, 6.45) is 6.10. The highest BCUT2D eigenvalue weighted by atomic mass is 16.7. The van der Waals surface area contributed by atoms with Gasteiger partial charge in [0.1, 0.15) is 10.7 Å². The Hall–Kier alpha value is -3.62. The summed E-state index contributed by atoms with van der Waals surface area (Å²) in [6.45, 7) is 6.22. The fraction of sp³-hybridized carbons (Fsp3) is 0.263. The molecular formula is C19H19N5O4. The van der Waals surface area contributed by atoms with Crippen molar-refractivity contribution in [2.45, 2.75) is 26.2 Å². The van der Waals surface area contributed by atoms with Crippen molar-refractivity contribution < 1.29 is 9.47 Å². The van der Waals surface area contributed by atoms with Gasteiger partial charge < -0.3 is 24.4 Å². The SMILES string of the molecule is CC(C)(C)c1[nH]cnc1/C=c1\[nH]c(=O)/c(=C/c2cc3c(cn2)OCO3)[nH]c1=O. The van der Waals surface area contributed by atoms with Crippen LogP contribution in [0, 0.1) is 0 Å². The van der Waals surface area contributed by atoms with E-state index in [2.05, 4.69) is 24.9 Å². The van der Waals surface area contributed by atoms with Gasteiger partial charge in [-0.3, -0.25) is 14.6 Å². The third-order valence-corrected chi connectivity index (χ3v) is 4.26. The van der Waals surface area contributed by atoms with E-state index in [1.54, 1.807) is 18.5 Å². The second kappa shape index (κ2) is 6.52. The number of nitrogens with one attached hydrogen (secondary N) is 3. The Morgan fingerprint density at radius 1 is 1.00 bits per heavy atom. The Kier molecular flexibility index (Phi) is 4.14. The molecule has 9 nitrogen and oxygen atoms in total. The van der Waals surface area contributed by atoms with Crippen LogP contribution in [-0.2, 0) is 5.41 Å². The molecule has 0 amide bonds. The summed E-state index contributed by atoms with van der Waals surface area (Å²) >= 11 is 0. The Labute approximate surface area is 158 Å². The third kappa shape index (κ3) is 3.34. The van der Waals surface area contributed by atoms with E-state index in [9.17, 15) is 9.59 Å². The van der Waals surface area contributed by atoms with Crippen molar-refractivity contribution in [3.8, 4) is 11.5 Å². The second-order valence-corrected chi connectivity index (χ2v) is 7.40. The van der Waals surface area contributed by atoms with Gasteiger partial charge in [-0.1, -0.05) is 20.8 Å². The molecule has 0 unspecified atom stereocenters. The van der Waals surface area contributed by atoms with Gasteiger partial charge in [-0.15, -0.1) is 0 Å².